The van der Waals surface area contributed by atoms with E-state index >= 15 is 0 Å². The van der Waals surface area contributed by atoms with E-state index < -0.39 is 0 Å². The molecule has 0 spiro atoms. The Labute approximate surface area is 154 Å². The zero-order valence-corrected chi connectivity index (χ0v) is 15.1. The number of anilines is 1. The Morgan fingerprint density at radius 2 is 1.96 bits per heavy atom. The van der Waals surface area contributed by atoms with Crippen molar-refractivity contribution in [2.24, 2.45) is 0 Å². The van der Waals surface area contributed by atoms with Crippen LogP contribution >= 0.6 is 23.4 Å². The fourth-order valence-corrected chi connectivity index (χ4v) is 4.27. The first-order valence-electron chi connectivity index (χ1n) is 8.16. The summed E-state index contributed by atoms with van der Waals surface area (Å²) < 4.78 is 1.60. The smallest absolute Gasteiger partial charge is 0.267 e. The van der Waals surface area contributed by atoms with E-state index in [0.717, 1.165) is 11.4 Å². The van der Waals surface area contributed by atoms with Gasteiger partial charge in [0.2, 0.25) is 0 Å². The van der Waals surface area contributed by atoms with Gasteiger partial charge in [0.15, 0.2) is 5.16 Å². The van der Waals surface area contributed by atoms with Crippen LogP contribution < -0.4 is 10.5 Å². The molecule has 0 radical (unpaired) electrons. The summed E-state index contributed by atoms with van der Waals surface area (Å²) in [6.45, 7) is 3.18. The molecule has 4 rings (SSSR count). The molecular weight excluding hydrogens is 360 g/mol. The summed E-state index contributed by atoms with van der Waals surface area (Å²) in [5, 5.41) is 1.40. The largest absolute Gasteiger partial charge is 0.368 e. The van der Waals surface area contributed by atoms with Gasteiger partial charge in [0.1, 0.15) is 5.56 Å². The number of hydrogen-bond donors (Lipinski definition) is 0. The maximum atomic E-state index is 12.7. The average Bonchev–Trinajstić information content (AvgIpc) is 3.11. The summed E-state index contributed by atoms with van der Waals surface area (Å²) in [6.07, 6.45) is 1.43. The van der Waals surface area contributed by atoms with Gasteiger partial charge in [0, 0.05) is 55.4 Å². The number of halogens is 1. The maximum Gasteiger partial charge on any atom is 0.267 e. The number of nitrogens with zero attached hydrogens (tertiary/aromatic N) is 4. The minimum Gasteiger partial charge on any atom is -0.368 e. The third-order valence-corrected chi connectivity index (χ3v) is 5.73. The van der Waals surface area contributed by atoms with Gasteiger partial charge in [-0.15, -0.1) is 0 Å². The molecule has 0 unspecified atom stereocenters. The Kier molecular flexibility index (Phi) is 4.43. The fraction of sp³-hybridized carbons (Fsp3) is 0.353. The minimum atomic E-state index is -0.226. The lowest BCUT2D eigenvalue weighted by Gasteiger charge is -2.36. The van der Waals surface area contributed by atoms with Crippen molar-refractivity contribution in [2.75, 3.05) is 36.8 Å². The van der Waals surface area contributed by atoms with Crippen LogP contribution in [0.3, 0.4) is 0 Å². The number of aromatic nitrogens is 2. The third kappa shape index (κ3) is 3.14. The fourth-order valence-electron chi connectivity index (χ4n) is 3.18. The first kappa shape index (κ1) is 16.5. The van der Waals surface area contributed by atoms with Crippen molar-refractivity contribution in [1.82, 2.24) is 14.5 Å². The average molecular weight is 377 g/mol. The molecule has 0 N–H and O–H groups in total. The molecular formula is C17H17ClN4O2S. The summed E-state index contributed by atoms with van der Waals surface area (Å²) in [7, 11) is 0. The van der Waals surface area contributed by atoms with Crippen LogP contribution in [0.2, 0.25) is 5.02 Å². The van der Waals surface area contributed by atoms with Gasteiger partial charge >= 0.3 is 0 Å². The summed E-state index contributed by atoms with van der Waals surface area (Å²) in [6, 6.07) is 7.70. The van der Waals surface area contributed by atoms with E-state index in [1.807, 2.05) is 24.3 Å². The van der Waals surface area contributed by atoms with Gasteiger partial charge in [-0.05, 0) is 18.2 Å². The van der Waals surface area contributed by atoms with Crippen LogP contribution in [0.5, 0.6) is 0 Å². The van der Waals surface area contributed by atoms with Gasteiger partial charge in [-0.1, -0.05) is 29.4 Å². The van der Waals surface area contributed by atoms with E-state index in [1.165, 1.54) is 6.20 Å². The highest BCUT2D eigenvalue weighted by molar-refractivity contribution is 7.99. The topological polar surface area (TPSA) is 58.4 Å². The number of benzene rings is 1. The predicted molar refractivity (Wildman–Crippen MR) is 98.8 cm³/mol. The number of carbonyl (C=O) groups is 1. The van der Waals surface area contributed by atoms with E-state index in [-0.39, 0.29) is 17.0 Å². The zero-order valence-electron chi connectivity index (χ0n) is 13.5. The van der Waals surface area contributed by atoms with Crippen molar-refractivity contribution in [2.45, 2.75) is 11.7 Å². The van der Waals surface area contributed by atoms with Crippen molar-refractivity contribution in [3.8, 4) is 0 Å². The first-order valence-corrected chi connectivity index (χ1v) is 9.52. The monoisotopic (exact) mass is 376 g/mol. The van der Waals surface area contributed by atoms with Crippen LogP contribution in [0.25, 0.3) is 0 Å². The molecule has 1 aromatic carbocycles. The molecule has 1 saturated heterocycles. The van der Waals surface area contributed by atoms with Crippen LogP contribution in [0.1, 0.15) is 10.4 Å². The molecule has 2 aliphatic heterocycles. The molecule has 25 heavy (non-hydrogen) atoms. The van der Waals surface area contributed by atoms with Crippen molar-refractivity contribution < 1.29 is 4.79 Å². The van der Waals surface area contributed by atoms with Gasteiger partial charge in [0.05, 0.1) is 0 Å². The summed E-state index contributed by atoms with van der Waals surface area (Å²) in [4.78, 5) is 33.4. The molecule has 0 saturated carbocycles. The highest BCUT2D eigenvalue weighted by atomic mass is 35.5. The standard InChI is InChI=1S/C17H17ClN4O2S/c18-12-2-1-3-13(10-12)20-4-6-21(7-5-20)15(23)14-11-19-17-22(16(14)24)8-9-25-17/h1-3,10-11H,4-9H2. The number of piperazine rings is 1. The molecule has 130 valence electrons. The zero-order chi connectivity index (χ0) is 17.4. The molecule has 2 aromatic rings. The normalized spacial score (nSPS) is 16.8. The van der Waals surface area contributed by atoms with E-state index in [9.17, 15) is 9.59 Å². The Morgan fingerprint density at radius 1 is 1.16 bits per heavy atom. The lowest BCUT2D eigenvalue weighted by Crippen LogP contribution is -2.50. The molecule has 1 aromatic heterocycles. The number of fused-ring (bicyclic) bond motifs is 1. The molecule has 1 amide bonds. The highest BCUT2D eigenvalue weighted by Crippen LogP contribution is 2.22. The van der Waals surface area contributed by atoms with Crippen molar-refractivity contribution in [3.63, 3.8) is 0 Å². The van der Waals surface area contributed by atoms with Crippen molar-refractivity contribution in [1.29, 1.82) is 0 Å². The number of amides is 1. The van der Waals surface area contributed by atoms with E-state index in [0.29, 0.717) is 42.9 Å². The second-order valence-corrected chi connectivity index (χ2v) is 7.52. The van der Waals surface area contributed by atoms with Crippen LogP contribution in [0.15, 0.2) is 40.4 Å². The molecule has 2 aliphatic rings. The third-order valence-electron chi connectivity index (χ3n) is 4.53. The lowest BCUT2D eigenvalue weighted by atomic mass is 10.2. The summed E-state index contributed by atoms with van der Waals surface area (Å²) in [5.74, 6) is 0.605. The molecule has 0 aliphatic carbocycles. The first-order chi connectivity index (χ1) is 12.1. The molecule has 3 heterocycles. The second kappa shape index (κ2) is 6.72. The van der Waals surface area contributed by atoms with Gasteiger partial charge in [0.25, 0.3) is 11.5 Å². The quantitative estimate of drug-likeness (QED) is 0.750. The van der Waals surface area contributed by atoms with Gasteiger partial charge in [-0.25, -0.2) is 4.98 Å². The molecule has 8 heteroatoms. The number of carbonyl (C=O) groups excluding carboxylic acids is 1. The van der Waals surface area contributed by atoms with E-state index in [1.54, 1.807) is 21.2 Å². The van der Waals surface area contributed by atoms with Crippen molar-refractivity contribution in [3.05, 3.63) is 51.4 Å². The number of hydrogen-bond acceptors (Lipinski definition) is 5. The SMILES string of the molecule is O=C(c1cnc2n(c1=O)CCS2)N1CCN(c2cccc(Cl)c2)CC1. The van der Waals surface area contributed by atoms with E-state index in [2.05, 4.69) is 9.88 Å². The van der Waals surface area contributed by atoms with Crippen LogP contribution in [-0.2, 0) is 6.54 Å². The Bertz CT molecular complexity index is 877. The maximum absolute atomic E-state index is 12.7. The minimum absolute atomic E-state index is 0.169. The van der Waals surface area contributed by atoms with Gasteiger partial charge in [-0.2, -0.15) is 0 Å². The van der Waals surface area contributed by atoms with E-state index in [4.69, 9.17) is 11.6 Å². The molecule has 6 nitrogen and oxygen atoms in total. The van der Waals surface area contributed by atoms with Crippen LogP contribution in [-0.4, -0.2) is 52.3 Å². The highest BCUT2D eigenvalue weighted by Gasteiger charge is 2.26. The molecule has 1 fully saturated rings. The summed E-state index contributed by atoms with van der Waals surface area (Å²) in [5.41, 5.74) is 0.996. The Morgan fingerprint density at radius 3 is 2.72 bits per heavy atom. The molecule has 0 atom stereocenters. The van der Waals surface area contributed by atoms with Crippen LogP contribution in [0, 0.1) is 0 Å². The number of thioether (sulfide) groups is 1. The van der Waals surface area contributed by atoms with Gasteiger partial charge < -0.3 is 9.80 Å². The predicted octanol–water partition coefficient (Wildman–Crippen LogP) is 1.96. The molecule has 0 bridgehead atoms. The van der Waals surface area contributed by atoms with Crippen LogP contribution in [0.4, 0.5) is 5.69 Å². The van der Waals surface area contributed by atoms with Gasteiger partial charge in [-0.3, -0.25) is 14.2 Å². The van der Waals surface area contributed by atoms with Crippen molar-refractivity contribution >= 4 is 35.0 Å². The summed E-state index contributed by atoms with van der Waals surface area (Å²) >= 11 is 7.60. The Hall–Kier alpha value is -1.99. The second-order valence-electron chi connectivity index (χ2n) is 6.02. The lowest BCUT2D eigenvalue weighted by molar-refractivity contribution is 0.0743. The Balaban J connectivity index is 1.48. The number of rotatable bonds is 2.